The topological polar surface area (TPSA) is 78.0 Å². The van der Waals surface area contributed by atoms with E-state index in [1.165, 1.54) is 10.6 Å². The zero-order valence-electron chi connectivity index (χ0n) is 17.3. The van der Waals surface area contributed by atoms with Gasteiger partial charge in [0.1, 0.15) is 23.7 Å². The summed E-state index contributed by atoms with van der Waals surface area (Å²) in [5, 5.41) is 0. The third-order valence-electron chi connectivity index (χ3n) is 4.81. The third-order valence-corrected chi connectivity index (χ3v) is 6.10. The van der Waals surface area contributed by atoms with E-state index in [1.807, 2.05) is 50.2 Å². The van der Waals surface area contributed by atoms with E-state index in [0.717, 1.165) is 11.3 Å². The molecule has 0 N–H and O–H groups in total. The molecule has 0 fully saturated rings. The highest BCUT2D eigenvalue weighted by Gasteiger charge is 2.40. The number of benzene rings is 1. The molecular formula is C21H28N2O5S. The minimum atomic E-state index is -3.45. The number of aromatic nitrogens is 1. The van der Waals surface area contributed by atoms with Gasteiger partial charge in [-0.3, -0.25) is 4.98 Å². The van der Waals surface area contributed by atoms with E-state index < -0.39 is 15.6 Å². The lowest BCUT2D eigenvalue weighted by atomic mass is 9.89. The van der Waals surface area contributed by atoms with Gasteiger partial charge < -0.3 is 14.2 Å². The molecule has 0 aliphatic carbocycles. The van der Waals surface area contributed by atoms with Gasteiger partial charge in [-0.1, -0.05) is 6.07 Å². The number of pyridine rings is 1. The van der Waals surface area contributed by atoms with Crippen LogP contribution in [0.1, 0.15) is 37.6 Å². The Balaban J connectivity index is 1.92. The van der Waals surface area contributed by atoms with Crippen molar-refractivity contribution >= 4 is 10.0 Å². The highest BCUT2D eigenvalue weighted by Crippen LogP contribution is 2.44. The van der Waals surface area contributed by atoms with Crippen molar-refractivity contribution in [1.29, 1.82) is 0 Å². The van der Waals surface area contributed by atoms with Crippen LogP contribution < -0.4 is 9.47 Å². The molecule has 2 aromatic rings. The summed E-state index contributed by atoms with van der Waals surface area (Å²) in [4.78, 5) is 4.26. The van der Waals surface area contributed by atoms with Gasteiger partial charge in [-0.2, -0.15) is 4.31 Å². The molecule has 0 saturated heterocycles. The number of hydrogen-bond donors (Lipinski definition) is 0. The van der Waals surface area contributed by atoms with Gasteiger partial charge in [0, 0.05) is 31.8 Å². The molecule has 7 nitrogen and oxygen atoms in total. The van der Waals surface area contributed by atoms with Crippen molar-refractivity contribution in [2.75, 3.05) is 26.5 Å². The molecule has 3 rings (SSSR count). The van der Waals surface area contributed by atoms with Crippen LogP contribution in [-0.4, -0.2) is 49.8 Å². The number of fused-ring (bicyclic) bond motifs is 1. The van der Waals surface area contributed by atoms with E-state index in [4.69, 9.17) is 14.2 Å². The molecule has 0 bridgehead atoms. The van der Waals surface area contributed by atoms with Crippen LogP contribution >= 0.6 is 0 Å². The molecule has 0 saturated carbocycles. The fraction of sp³-hybridized carbons (Fsp3) is 0.476. The fourth-order valence-corrected chi connectivity index (χ4v) is 4.57. The minimum Gasteiger partial charge on any atom is -0.487 e. The first-order valence-corrected chi connectivity index (χ1v) is 11.4. The Labute approximate surface area is 172 Å². The first kappa shape index (κ1) is 21.5. The number of ether oxygens (including phenoxy) is 3. The van der Waals surface area contributed by atoms with Crippen LogP contribution in [0.15, 0.2) is 42.6 Å². The van der Waals surface area contributed by atoms with Gasteiger partial charge in [-0.15, -0.1) is 0 Å². The van der Waals surface area contributed by atoms with Crippen molar-refractivity contribution in [2.24, 2.45) is 0 Å². The molecule has 2 heterocycles. The number of sulfonamides is 1. The second-order valence-electron chi connectivity index (χ2n) is 7.76. The van der Waals surface area contributed by atoms with Crippen molar-refractivity contribution in [3.8, 4) is 11.5 Å². The quantitative estimate of drug-likeness (QED) is 0.653. The molecule has 1 aliphatic rings. The summed E-state index contributed by atoms with van der Waals surface area (Å²) in [6, 6.07) is 10.8. The lowest BCUT2D eigenvalue weighted by molar-refractivity contribution is 0.0455. The van der Waals surface area contributed by atoms with Crippen molar-refractivity contribution < 1.29 is 22.6 Å². The molecular weight excluding hydrogens is 392 g/mol. The molecule has 1 aromatic carbocycles. The van der Waals surface area contributed by atoms with Gasteiger partial charge in [-0.25, -0.2) is 8.42 Å². The first-order chi connectivity index (χ1) is 13.7. The number of methoxy groups -OCH3 is 1. The summed E-state index contributed by atoms with van der Waals surface area (Å²) in [6.45, 7) is 4.84. The molecule has 29 heavy (non-hydrogen) atoms. The molecule has 1 atom stereocenters. The number of nitrogens with zero attached hydrogens (tertiary/aromatic N) is 2. The molecule has 158 valence electrons. The Morgan fingerprint density at radius 3 is 2.72 bits per heavy atom. The maximum Gasteiger partial charge on any atom is 0.211 e. The zero-order valence-corrected chi connectivity index (χ0v) is 18.1. The molecule has 1 aliphatic heterocycles. The Kier molecular flexibility index (Phi) is 6.45. The standard InChI is InChI=1S/C21H28N2O5S/c1-21(2)14-19(23(11-12-26-3)29(4,24)25)18-13-17(8-9-20(18)28-21)27-15-16-7-5-6-10-22-16/h5-10,13,19H,11-12,14-15H2,1-4H3. The minimum absolute atomic E-state index is 0.272. The summed E-state index contributed by atoms with van der Waals surface area (Å²) in [5.41, 5.74) is 1.12. The predicted molar refractivity (Wildman–Crippen MR) is 111 cm³/mol. The Morgan fingerprint density at radius 1 is 1.28 bits per heavy atom. The van der Waals surface area contributed by atoms with Gasteiger partial charge in [0.05, 0.1) is 24.6 Å². The Hall–Kier alpha value is -2.16. The van der Waals surface area contributed by atoms with E-state index in [1.54, 1.807) is 13.3 Å². The molecule has 0 amide bonds. The summed E-state index contributed by atoms with van der Waals surface area (Å²) in [6.07, 6.45) is 3.48. The fourth-order valence-electron chi connectivity index (χ4n) is 3.52. The van der Waals surface area contributed by atoms with Gasteiger partial charge in [0.25, 0.3) is 0 Å². The van der Waals surface area contributed by atoms with Crippen LogP contribution in [0.3, 0.4) is 0 Å². The van der Waals surface area contributed by atoms with Gasteiger partial charge in [0.2, 0.25) is 10.0 Å². The van der Waals surface area contributed by atoms with E-state index in [2.05, 4.69) is 4.98 Å². The van der Waals surface area contributed by atoms with Crippen molar-refractivity contribution in [2.45, 2.75) is 38.5 Å². The lowest BCUT2D eigenvalue weighted by Crippen LogP contribution is -2.44. The normalized spacial score (nSPS) is 18.2. The average molecular weight is 421 g/mol. The van der Waals surface area contributed by atoms with Crippen LogP contribution in [0.5, 0.6) is 11.5 Å². The van der Waals surface area contributed by atoms with Gasteiger partial charge in [-0.05, 0) is 44.2 Å². The molecule has 8 heteroatoms. The maximum atomic E-state index is 12.5. The smallest absolute Gasteiger partial charge is 0.211 e. The zero-order chi connectivity index (χ0) is 21.1. The maximum absolute atomic E-state index is 12.5. The van der Waals surface area contributed by atoms with E-state index in [9.17, 15) is 8.42 Å². The third kappa shape index (κ3) is 5.46. The highest BCUT2D eigenvalue weighted by atomic mass is 32.2. The lowest BCUT2D eigenvalue weighted by Gasteiger charge is -2.41. The first-order valence-electron chi connectivity index (χ1n) is 9.51. The van der Waals surface area contributed by atoms with E-state index in [0.29, 0.717) is 31.1 Å². The van der Waals surface area contributed by atoms with Crippen LogP contribution in [0.4, 0.5) is 0 Å². The molecule has 1 unspecified atom stereocenters. The highest BCUT2D eigenvalue weighted by molar-refractivity contribution is 7.88. The largest absolute Gasteiger partial charge is 0.487 e. The monoisotopic (exact) mass is 420 g/mol. The Morgan fingerprint density at radius 2 is 2.07 bits per heavy atom. The molecule has 0 radical (unpaired) electrons. The van der Waals surface area contributed by atoms with E-state index in [-0.39, 0.29) is 12.6 Å². The SMILES string of the molecule is COCCN(C1CC(C)(C)Oc2ccc(OCc3ccccn3)cc21)S(C)(=O)=O. The van der Waals surface area contributed by atoms with Crippen LogP contribution in [-0.2, 0) is 21.4 Å². The molecule has 1 aromatic heterocycles. The average Bonchev–Trinajstić information content (AvgIpc) is 2.66. The number of rotatable bonds is 8. The van der Waals surface area contributed by atoms with Crippen molar-refractivity contribution in [3.63, 3.8) is 0 Å². The second-order valence-corrected chi connectivity index (χ2v) is 9.69. The number of hydrogen-bond acceptors (Lipinski definition) is 6. The van der Waals surface area contributed by atoms with Gasteiger partial charge >= 0.3 is 0 Å². The molecule has 0 spiro atoms. The second kappa shape index (κ2) is 8.69. The van der Waals surface area contributed by atoms with E-state index >= 15 is 0 Å². The summed E-state index contributed by atoms with van der Waals surface area (Å²) < 4.78 is 43.7. The van der Waals surface area contributed by atoms with Gasteiger partial charge in [0.15, 0.2) is 0 Å². The Bertz CT molecular complexity index is 931. The predicted octanol–water partition coefficient (Wildman–Crippen LogP) is 3.17. The van der Waals surface area contributed by atoms with Crippen LogP contribution in [0.2, 0.25) is 0 Å². The van der Waals surface area contributed by atoms with Crippen molar-refractivity contribution in [1.82, 2.24) is 9.29 Å². The van der Waals surface area contributed by atoms with Crippen LogP contribution in [0, 0.1) is 0 Å². The van der Waals surface area contributed by atoms with Crippen molar-refractivity contribution in [3.05, 3.63) is 53.9 Å². The summed E-state index contributed by atoms with van der Waals surface area (Å²) in [5.74, 6) is 1.31. The summed E-state index contributed by atoms with van der Waals surface area (Å²) >= 11 is 0. The summed E-state index contributed by atoms with van der Waals surface area (Å²) in [7, 11) is -1.89. The van der Waals surface area contributed by atoms with Crippen LogP contribution in [0.25, 0.3) is 0 Å².